The Morgan fingerprint density at radius 2 is 2.00 bits per heavy atom. The lowest BCUT2D eigenvalue weighted by Crippen LogP contribution is -2.02. The molecule has 0 atom stereocenters. The molecular formula is C13H11ClN4O. The molecule has 0 amide bonds. The van der Waals surface area contributed by atoms with E-state index >= 15 is 0 Å². The molecule has 1 N–H and O–H groups in total. The molecule has 3 rings (SSSR count). The lowest BCUT2D eigenvalue weighted by molar-refractivity contribution is 0.475. The summed E-state index contributed by atoms with van der Waals surface area (Å²) in [4.78, 5) is 0. The van der Waals surface area contributed by atoms with Crippen molar-refractivity contribution in [1.82, 2.24) is 14.9 Å². The number of phenolic OH excluding ortho intramolecular Hbond substituents is 1. The summed E-state index contributed by atoms with van der Waals surface area (Å²) in [6.45, 7) is 0. The number of halogens is 1. The van der Waals surface area contributed by atoms with Crippen LogP contribution in [0, 0.1) is 0 Å². The van der Waals surface area contributed by atoms with Crippen LogP contribution in [-0.4, -0.2) is 25.2 Å². The highest BCUT2D eigenvalue weighted by Gasteiger charge is 2.12. The maximum Gasteiger partial charge on any atom is 0.177 e. The van der Waals surface area contributed by atoms with Crippen molar-refractivity contribution >= 4 is 22.8 Å². The SMILES string of the molecule is Oc1ccc(Cc2nnc3n2N=C(Cl)CC=C3)cc1. The van der Waals surface area contributed by atoms with E-state index in [1.54, 1.807) is 16.8 Å². The molecule has 96 valence electrons. The molecule has 19 heavy (non-hydrogen) atoms. The van der Waals surface area contributed by atoms with Gasteiger partial charge in [0.15, 0.2) is 11.6 Å². The summed E-state index contributed by atoms with van der Waals surface area (Å²) in [6.07, 6.45) is 4.94. The molecule has 0 bridgehead atoms. The van der Waals surface area contributed by atoms with E-state index in [-0.39, 0.29) is 5.75 Å². The van der Waals surface area contributed by atoms with Gasteiger partial charge in [0.1, 0.15) is 10.9 Å². The second-order valence-electron chi connectivity index (χ2n) is 4.21. The first-order valence-corrected chi connectivity index (χ1v) is 6.22. The molecule has 0 fully saturated rings. The van der Waals surface area contributed by atoms with Crippen molar-refractivity contribution < 1.29 is 5.11 Å². The topological polar surface area (TPSA) is 63.3 Å². The molecule has 2 aromatic rings. The summed E-state index contributed by atoms with van der Waals surface area (Å²) < 4.78 is 1.65. The molecule has 1 aliphatic rings. The van der Waals surface area contributed by atoms with Crippen molar-refractivity contribution in [3.63, 3.8) is 0 Å². The molecule has 0 unspecified atom stereocenters. The van der Waals surface area contributed by atoms with Crippen LogP contribution in [0.2, 0.25) is 0 Å². The van der Waals surface area contributed by atoms with Crippen LogP contribution in [0.4, 0.5) is 0 Å². The second-order valence-corrected chi connectivity index (χ2v) is 4.65. The van der Waals surface area contributed by atoms with E-state index in [9.17, 15) is 5.11 Å². The molecule has 1 aliphatic heterocycles. The predicted molar refractivity (Wildman–Crippen MR) is 73.3 cm³/mol. The first-order chi connectivity index (χ1) is 9.22. The number of aromatic nitrogens is 3. The zero-order valence-corrected chi connectivity index (χ0v) is 10.7. The fourth-order valence-electron chi connectivity index (χ4n) is 1.86. The molecule has 6 heteroatoms. The third kappa shape index (κ3) is 2.51. The Morgan fingerprint density at radius 3 is 2.79 bits per heavy atom. The number of benzene rings is 1. The number of hydrogen-bond acceptors (Lipinski definition) is 4. The summed E-state index contributed by atoms with van der Waals surface area (Å²) in [5, 5.41) is 22.2. The van der Waals surface area contributed by atoms with Gasteiger partial charge in [-0.3, -0.25) is 0 Å². The standard InChI is InChI=1S/C13H11ClN4O/c14-11-2-1-3-12-15-16-13(18(12)17-11)8-9-4-6-10(19)7-5-9/h1,3-7,19H,2,8H2. The van der Waals surface area contributed by atoms with Gasteiger partial charge in [-0.1, -0.05) is 29.8 Å². The van der Waals surface area contributed by atoms with Gasteiger partial charge in [0.05, 0.1) is 0 Å². The highest BCUT2D eigenvalue weighted by Crippen LogP contribution is 2.16. The summed E-state index contributed by atoms with van der Waals surface area (Å²) in [6, 6.07) is 6.97. The summed E-state index contributed by atoms with van der Waals surface area (Å²) in [7, 11) is 0. The van der Waals surface area contributed by atoms with Crippen LogP contribution in [0.25, 0.3) is 6.08 Å². The Bertz CT molecular complexity index is 658. The zero-order chi connectivity index (χ0) is 13.2. The fraction of sp³-hybridized carbons (Fsp3) is 0.154. The van der Waals surface area contributed by atoms with Gasteiger partial charge in [0.25, 0.3) is 0 Å². The monoisotopic (exact) mass is 274 g/mol. The van der Waals surface area contributed by atoms with Crippen LogP contribution in [0.3, 0.4) is 0 Å². The summed E-state index contributed by atoms with van der Waals surface area (Å²) >= 11 is 5.99. The zero-order valence-electron chi connectivity index (χ0n) is 9.99. The van der Waals surface area contributed by atoms with Crippen molar-refractivity contribution in [2.24, 2.45) is 5.10 Å². The van der Waals surface area contributed by atoms with Gasteiger partial charge in [-0.25, -0.2) is 0 Å². The minimum atomic E-state index is 0.243. The van der Waals surface area contributed by atoms with Crippen LogP contribution in [-0.2, 0) is 6.42 Å². The van der Waals surface area contributed by atoms with E-state index in [2.05, 4.69) is 15.3 Å². The molecule has 2 heterocycles. The normalized spacial score (nSPS) is 13.8. The van der Waals surface area contributed by atoms with Crippen LogP contribution >= 0.6 is 11.6 Å². The highest BCUT2D eigenvalue weighted by molar-refractivity contribution is 6.65. The van der Waals surface area contributed by atoms with Crippen molar-refractivity contribution in [2.45, 2.75) is 12.8 Å². The van der Waals surface area contributed by atoms with E-state index in [1.165, 1.54) is 0 Å². The van der Waals surface area contributed by atoms with Gasteiger partial charge < -0.3 is 5.11 Å². The molecule has 0 radical (unpaired) electrons. The molecule has 0 spiro atoms. The summed E-state index contributed by atoms with van der Waals surface area (Å²) in [5.41, 5.74) is 1.02. The maximum atomic E-state index is 9.27. The van der Waals surface area contributed by atoms with Gasteiger partial charge in [-0.05, 0) is 23.8 Å². The Kier molecular flexibility index (Phi) is 3.05. The van der Waals surface area contributed by atoms with Crippen LogP contribution in [0.5, 0.6) is 5.75 Å². The lowest BCUT2D eigenvalue weighted by atomic mass is 10.1. The Balaban J connectivity index is 1.95. The van der Waals surface area contributed by atoms with E-state index < -0.39 is 0 Å². The molecule has 1 aromatic carbocycles. The quantitative estimate of drug-likeness (QED) is 0.914. The number of fused-ring (bicyclic) bond motifs is 1. The van der Waals surface area contributed by atoms with E-state index in [0.717, 1.165) is 5.56 Å². The van der Waals surface area contributed by atoms with E-state index in [1.807, 2.05) is 24.3 Å². The third-order valence-corrected chi connectivity index (χ3v) is 3.02. The summed E-state index contributed by atoms with van der Waals surface area (Å²) in [5.74, 6) is 1.63. The van der Waals surface area contributed by atoms with Crippen molar-refractivity contribution in [3.8, 4) is 5.75 Å². The third-order valence-electron chi connectivity index (χ3n) is 2.79. The van der Waals surface area contributed by atoms with E-state index in [4.69, 9.17) is 11.6 Å². The predicted octanol–water partition coefficient (Wildman–Crippen LogP) is 2.39. The minimum absolute atomic E-state index is 0.243. The van der Waals surface area contributed by atoms with Gasteiger partial charge in [-0.2, -0.15) is 9.78 Å². The maximum absolute atomic E-state index is 9.27. The molecular weight excluding hydrogens is 264 g/mol. The molecule has 0 saturated carbocycles. The molecule has 1 aromatic heterocycles. The number of nitrogens with zero attached hydrogens (tertiary/aromatic N) is 4. The lowest BCUT2D eigenvalue weighted by Gasteiger charge is -2.03. The average molecular weight is 275 g/mol. The second kappa shape index (κ2) is 4.85. The average Bonchev–Trinajstić information content (AvgIpc) is 2.65. The Hall–Kier alpha value is -2.14. The smallest absolute Gasteiger partial charge is 0.177 e. The van der Waals surface area contributed by atoms with Gasteiger partial charge in [-0.15, -0.1) is 10.2 Å². The van der Waals surface area contributed by atoms with Crippen LogP contribution in [0.1, 0.15) is 23.6 Å². The number of phenols is 1. The molecule has 5 nitrogen and oxygen atoms in total. The first kappa shape index (κ1) is 11.9. The van der Waals surface area contributed by atoms with Gasteiger partial charge in [0, 0.05) is 12.8 Å². The van der Waals surface area contributed by atoms with Crippen molar-refractivity contribution in [2.75, 3.05) is 0 Å². The Labute approximate surface area is 114 Å². The fourth-order valence-corrected chi connectivity index (χ4v) is 2.02. The van der Waals surface area contributed by atoms with Gasteiger partial charge >= 0.3 is 0 Å². The first-order valence-electron chi connectivity index (χ1n) is 5.84. The largest absolute Gasteiger partial charge is 0.508 e. The van der Waals surface area contributed by atoms with Crippen LogP contribution < -0.4 is 0 Å². The minimum Gasteiger partial charge on any atom is -0.508 e. The Morgan fingerprint density at radius 1 is 1.21 bits per heavy atom. The number of hydrogen-bond donors (Lipinski definition) is 1. The van der Waals surface area contributed by atoms with Gasteiger partial charge in [0.2, 0.25) is 0 Å². The number of allylic oxidation sites excluding steroid dienone is 1. The number of rotatable bonds is 2. The number of aromatic hydroxyl groups is 1. The highest BCUT2D eigenvalue weighted by atomic mass is 35.5. The van der Waals surface area contributed by atoms with E-state index in [0.29, 0.717) is 29.7 Å². The molecule has 0 saturated heterocycles. The molecule has 0 aliphatic carbocycles. The van der Waals surface area contributed by atoms with Crippen LogP contribution in [0.15, 0.2) is 35.4 Å². The van der Waals surface area contributed by atoms with Crippen molar-refractivity contribution in [3.05, 3.63) is 47.6 Å². The van der Waals surface area contributed by atoms with Crippen molar-refractivity contribution in [1.29, 1.82) is 0 Å².